The summed E-state index contributed by atoms with van der Waals surface area (Å²) in [7, 11) is -4.17. The number of pyridine rings is 1. The number of carbonyl (C=O) groups excluding carboxylic acids is 2. The predicted molar refractivity (Wildman–Crippen MR) is 124 cm³/mol. The Balaban J connectivity index is 1.54. The van der Waals surface area contributed by atoms with Crippen molar-refractivity contribution in [2.24, 2.45) is 0 Å². The van der Waals surface area contributed by atoms with E-state index in [2.05, 4.69) is 10.3 Å². The molecule has 0 radical (unpaired) electrons. The maximum absolute atomic E-state index is 12.6. The molecule has 0 spiro atoms. The first-order valence-corrected chi connectivity index (χ1v) is 11.9. The fourth-order valence-corrected chi connectivity index (χ4v) is 4.14. The zero-order chi connectivity index (χ0) is 24.6. The fourth-order valence-electron chi connectivity index (χ4n) is 3.10. The summed E-state index contributed by atoms with van der Waals surface area (Å²) < 4.78 is 27.2. The van der Waals surface area contributed by atoms with Gasteiger partial charge >= 0.3 is 5.97 Å². The van der Waals surface area contributed by atoms with E-state index in [0.29, 0.717) is 31.4 Å². The third kappa shape index (κ3) is 6.97. The fraction of sp³-hybridized carbons (Fsp3) is 0.167. The SMILES string of the molecule is O=C(CCc1ccccc1)NCCc1cccc(S(=O)(=O)NC(=O)c2ccc(C(=O)O)nc2)c1. The largest absolute Gasteiger partial charge is 0.477 e. The van der Waals surface area contributed by atoms with Crippen LogP contribution >= 0.6 is 0 Å². The number of aryl methyl sites for hydroxylation is 1. The summed E-state index contributed by atoms with van der Waals surface area (Å²) in [5.74, 6) is -2.29. The Bertz CT molecular complexity index is 1280. The van der Waals surface area contributed by atoms with Crippen molar-refractivity contribution in [3.63, 3.8) is 0 Å². The second-order valence-electron chi connectivity index (χ2n) is 7.40. The molecule has 0 fully saturated rings. The molecule has 3 rings (SSSR count). The van der Waals surface area contributed by atoms with Crippen LogP contribution in [0.5, 0.6) is 0 Å². The average Bonchev–Trinajstić information content (AvgIpc) is 2.83. The van der Waals surface area contributed by atoms with Gasteiger partial charge in [0.1, 0.15) is 5.69 Å². The molecular weight excluding hydrogens is 458 g/mol. The van der Waals surface area contributed by atoms with Gasteiger partial charge in [0.2, 0.25) is 5.91 Å². The zero-order valence-electron chi connectivity index (χ0n) is 18.1. The van der Waals surface area contributed by atoms with Crippen molar-refractivity contribution in [1.29, 1.82) is 0 Å². The quantitative estimate of drug-likeness (QED) is 0.403. The second-order valence-corrected chi connectivity index (χ2v) is 9.09. The molecule has 0 bridgehead atoms. The van der Waals surface area contributed by atoms with Crippen LogP contribution in [0.3, 0.4) is 0 Å². The first-order chi connectivity index (χ1) is 16.2. The maximum atomic E-state index is 12.6. The summed E-state index contributed by atoms with van der Waals surface area (Å²) >= 11 is 0. The standard InChI is InChI=1S/C24H23N3O6S/c28-22(12-9-17-5-2-1-3-6-17)25-14-13-18-7-4-8-20(15-18)34(32,33)27-23(29)19-10-11-21(24(30)31)26-16-19/h1-8,10-11,15-16H,9,12-14H2,(H,25,28)(H,27,29)(H,30,31). The number of sulfonamides is 1. The number of carboxylic acids is 1. The Kier molecular flexibility index (Phi) is 8.10. The number of hydrogen-bond acceptors (Lipinski definition) is 6. The number of amides is 2. The van der Waals surface area contributed by atoms with Gasteiger partial charge in [-0.05, 0) is 48.2 Å². The number of aromatic nitrogens is 1. The first-order valence-electron chi connectivity index (χ1n) is 10.4. The van der Waals surface area contributed by atoms with Crippen LogP contribution in [0.25, 0.3) is 0 Å². The third-order valence-corrected chi connectivity index (χ3v) is 6.23. The highest BCUT2D eigenvalue weighted by molar-refractivity contribution is 7.90. The van der Waals surface area contributed by atoms with Crippen LogP contribution in [0.2, 0.25) is 0 Å². The van der Waals surface area contributed by atoms with E-state index in [9.17, 15) is 22.8 Å². The smallest absolute Gasteiger partial charge is 0.354 e. The van der Waals surface area contributed by atoms with Crippen LogP contribution in [0.1, 0.15) is 38.4 Å². The Labute approximate surface area is 196 Å². The second kappa shape index (κ2) is 11.2. The van der Waals surface area contributed by atoms with E-state index in [0.717, 1.165) is 17.8 Å². The van der Waals surface area contributed by atoms with Gasteiger partial charge in [-0.3, -0.25) is 9.59 Å². The van der Waals surface area contributed by atoms with Crippen molar-refractivity contribution >= 4 is 27.8 Å². The molecule has 0 saturated carbocycles. The van der Waals surface area contributed by atoms with Crippen LogP contribution in [0.15, 0.2) is 77.8 Å². The van der Waals surface area contributed by atoms with Crippen molar-refractivity contribution in [3.05, 3.63) is 95.3 Å². The van der Waals surface area contributed by atoms with Gasteiger partial charge < -0.3 is 10.4 Å². The highest BCUT2D eigenvalue weighted by Gasteiger charge is 2.20. The minimum atomic E-state index is -4.17. The molecule has 0 aliphatic carbocycles. The lowest BCUT2D eigenvalue weighted by molar-refractivity contribution is -0.121. The van der Waals surface area contributed by atoms with Gasteiger partial charge in [0.25, 0.3) is 15.9 Å². The molecule has 0 aliphatic heterocycles. The summed E-state index contributed by atoms with van der Waals surface area (Å²) in [5.41, 5.74) is 1.39. The highest BCUT2D eigenvalue weighted by atomic mass is 32.2. The van der Waals surface area contributed by atoms with Crippen molar-refractivity contribution in [2.75, 3.05) is 6.54 Å². The number of carbonyl (C=O) groups is 3. The Morgan fingerprint density at radius 1 is 0.882 bits per heavy atom. The van der Waals surface area contributed by atoms with Gasteiger partial charge in [-0.1, -0.05) is 42.5 Å². The van der Waals surface area contributed by atoms with Gasteiger partial charge in [0, 0.05) is 19.2 Å². The van der Waals surface area contributed by atoms with Gasteiger partial charge in [-0.25, -0.2) is 22.9 Å². The maximum Gasteiger partial charge on any atom is 0.354 e. The number of nitrogens with zero attached hydrogens (tertiary/aromatic N) is 1. The molecule has 2 aromatic carbocycles. The molecule has 0 unspecified atom stereocenters. The minimum Gasteiger partial charge on any atom is -0.477 e. The number of nitrogens with one attached hydrogen (secondary N) is 2. The topological polar surface area (TPSA) is 143 Å². The average molecular weight is 482 g/mol. The molecule has 0 aliphatic rings. The molecule has 34 heavy (non-hydrogen) atoms. The molecule has 0 atom stereocenters. The van der Waals surface area contributed by atoms with Gasteiger partial charge in [-0.2, -0.15) is 0 Å². The van der Waals surface area contributed by atoms with E-state index >= 15 is 0 Å². The number of aromatic carboxylic acids is 1. The highest BCUT2D eigenvalue weighted by Crippen LogP contribution is 2.13. The lowest BCUT2D eigenvalue weighted by atomic mass is 10.1. The van der Waals surface area contributed by atoms with Crippen molar-refractivity contribution in [1.82, 2.24) is 15.0 Å². The van der Waals surface area contributed by atoms with Crippen LogP contribution < -0.4 is 10.0 Å². The third-order valence-electron chi connectivity index (χ3n) is 4.90. The molecule has 3 N–H and O–H groups in total. The Morgan fingerprint density at radius 2 is 1.62 bits per heavy atom. The molecule has 3 aromatic rings. The molecule has 0 saturated heterocycles. The van der Waals surface area contributed by atoms with Crippen LogP contribution in [-0.4, -0.2) is 42.8 Å². The predicted octanol–water partition coefficient (Wildman–Crippen LogP) is 2.19. The lowest BCUT2D eigenvalue weighted by Crippen LogP contribution is -2.31. The van der Waals surface area contributed by atoms with Crippen LogP contribution in [-0.2, 0) is 27.7 Å². The van der Waals surface area contributed by atoms with E-state index in [1.165, 1.54) is 18.2 Å². The molecule has 176 valence electrons. The van der Waals surface area contributed by atoms with E-state index < -0.39 is 21.9 Å². The summed E-state index contributed by atoms with van der Waals surface area (Å²) in [6.07, 6.45) is 2.39. The summed E-state index contributed by atoms with van der Waals surface area (Å²) in [6, 6.07) is 18.0. The molecule has 9 nitrogen and oxygen atoms in total. The van der Waals surface area contributed by atoms with E-state index in [4.69, 9.17) is 5.11 Å². The van der Waals surface area contributed by atoms with Crippen LogP contribution in [0.4, 0.5) is 0 Å². The summed E-state index contributed by atoms with van der Waals surface area (Å²) in [5, 5.41) is 11.7. The minimum absolute atomic E-state index is 0.0945. The van der Waals surface area contributed by atoms with E-state index in [1.54, 1.807) is 12.1 Å². The summed E-state index contributed by atoms with van der Waals surface area (Å²) in [4.78, 5) is 38.7. The van der Waals surface area contributed by atoms with Crippen molar-refractivity contribution in [3.8, 4) is 0 Å². The number of hydrogen-bond donors (Lipinski definition) is 3. The van der Waals surface area contributed by atoms with Gasteiger partial charge in [-0.15, -0.1) is 0 Å². The first kappa shape index (κ1) is 24.6. The van der Waals surface area contributed by atoms with E-state index in [1.807, 2.05) is 35.1 Å². The van der Waals surface area contributed by atoms with Gasteiger partial charge in [0.15, 0.2) is 0 Å². The van der Waals surface area contributed by atoms with Gasteiger partial charge in [0.05, 0.1) is 10.5 Å². The molecule has 2 amide bonds. The number of benzene rings is 2. The van der Waals surface area contributed by atoms with Crippen LogP contribution in [0, 0.1) is 0 Å². The Morgan fingerprint density at radius 3 is 2.29 bits per heavy atom. The molecule has 1 aromatic heterocycles. The monoisotopic (exact) mass is 481 g/mol. The number of rotatable bonds is 10. The summed E-state index contributed by atoms with van der Waals surface area (Å²) in [6.45, 7) is 0.338. The lowest BCUT2D eigenvalue weighted by Gasteiger charge is -2.09. The molecule has 10 heteroatoms. The van der Waals surface area contributed by atoms with Crippen molar-refractivity contribution < 1.29 is 27.9 Å². The number of carboxylic acid groups (broad SMARTS) is 1. The zero-order valence-corrected chi connectivity index (χ0v) is 18.9. The van der Waals surface area contributed by atoms with E-state index in [-0.39, 0.29) is 22.1 Å². The molecular formula is C24H23N3O6S. The Hall–Kier alpha value is -4.05. The normalized spacial score (nSPS) is 10.9. The molecule has 1 heterocycles. The van der Waals surface area contributed by atoms with Crippen molar-refractivity contribution in [2.45, 2.75) is 24.2 Å².